The van der Waals surface area contributed by atoms with Crippen LogP contribution in [0.1, 0.15) is 26.3 Å². The molecule has 1 aromatic rings. The van der Waals surface area contributed by atoms with E-state index in [0.29, 0.717) is 10.6 Å². The second-order valence-corrected chi connectivity index (χ2v) is 6.56. The van der Waals surface area contributed by atoms with E-state index >= 15 is 0 Å². The van der Waals surface area contributed by atoms with E-state index in [0.717, 1.165) is 0 Å². The van der Waals surface area contributed by atoms with Crippen LogP contribution in [0.2, 0.25) is 5.02 Å². The van der Waals surface area contributed by atoms with Crippen LogP contribution < -0.4 is 0 Å². The molecule has 0 unspecified atom stereocenters. The molecule has 122 valence electrons. The molecule has 0 aliphatic carbocycles. The van der Waals surface area contributed by atoms with Crippen molar-refractivity contribution in [2.75, 3.05) is 19.8 Å². The molecule has 0 heterocycles. The molecule has 0 radical (unpaired) electrons. The Balaban J connectivity index is 3.29. The molecule has 0 aromatic heterocycles. The number of ether oxygens (including phenoxy) is 1. The smallest absolute Gasteiger partial charge is 0.368 e. The van der Waals surface area contributed by atoms with Gasteiger partial charge in [0.25, 0.3) is 0 Å². The molecule has 7 heteroatoms. The summed E-state index contributed by atoms with van der Waals surface area (Å²) in [6.45, 7) is 5.48. The largest absolute Gasteiger partial charge is 0.462 e. The van der Waals surface area contributed by atoms with Crippen LogP contribution in [0.5, 0.6) is 0 Å². The lowest BCUT2D eigenvalue weighted by Gasteiger charge is -2.19. The summed E-state index contributed by atoms with van der Waals surface area (Å²) in [6.07, 6.45) is 1.44. The molecule has 1 aromatic carbocycles. The van der Waals surface area contributed by atoms with Crippen LogP contribution in [-0.4, -0.2) is 25.8 Å². The number of esters is 1. The summed E-state index contributed by atoms with van der Waals surface area (Å²) < 4.78 is 28.3. The maximum Gasteiger partial charge on any atom is 0.368 e. The van der Waals surface area contributed by atoms with E-state index < -0.39 is 13.6 Å². The minimum absolute atomic E-state index is 0.125. The number of carbonyl (C=O) groups is 1. The topological polar surface area (TPSA) is 61.8 Å². The third kappa shape index (κ3) is 5.25. The van der Waals surface area contributed by atoms with Gasteiger partial charge in [-0.2, -0.15) is 0 Å². The molecule has 0 fully saturated rings. The van der Waals surface area contributed by atoms with Crippen LogP contribution in [0, 0.1) is 0 Å². The molecule has 1 rings (SSSR count). The summed E-state index contributed by atoms with van der Waals surface area (Å²) in [5.74, 6) is -0.720. The Kier molecular flexibility index (Phi) is 7.83. The van der Waals surface area contributed by atoms with Gasteiger partial charge in [0.05, 0.1) is 19.8 Å². The van der Waals surface area contributed by atoms with E-state index in [1.165, 1.54) is 6.08 Å². The fourth-order valence-corrected chi connectivity index (χ4v) is 3.44. The molecule has 0 saturated heterocycles. The lowest BCUT2D eigenvalue weighted by molar-refractivity contribution is -0.137. The molecule has 0 bridgehead atoms. The minimum atomic E-state index is -3.74. The Morgan fingerprint density at radius 1 is 1.09 bits per heavy atom. The van der Waals surface area contributed by atoms with E-state index in [2.05, 4.69) is 0 Å². The summed E-state index contributed by atoms with van der Waals surface area (Å²) in [5, 5.41) is 0.438. The van der Waals surface area contributed by atoms with Gasteiger partial charge in [-0.15, -0.1) is 0 Å². The molecule has 0 atom stereocenters. The lowest BCUT2D eigenvalue weighted by Crippen LogP contribution is -2.11. The molecule has 0 saturated carbocycles. The van der Waals surface area contributed by atoms with Crippen molar-refractivity contribution in [3.8, 4) is 0 Å². The predicted molar refractivity (Wildman–Crippen MR) is 86.9 cm³/mol. The quantitative estimate of drug-likeness (QED) is 0.393. The van der Waals surface area contributed by atoms with Gasteiger partial charge >= 0.3 is 13.6 Å². The van der Waals surface area contributed by atoms with Gasteiger partial charge in [0.2, 0.25) is 0 Å². The van der Waals surface area contributed by atoms with Gasteiger partial charge in [0.15, 0.2) is 0 Å². The summed E-state index contributed by atoms with van der Waals surface area (Å²) in [5.41, 5.74) is 0.645. The van der Waals surface area contributed by atoms with E-state index in [1.54, 1.807) is 45.0 Å². The van der Waals surface area contributed by atoms with Crippen LogP contribution >= 0.6 is 19.2 Å². The van der Waals surface area contributed by atoms with Crippen LogP contribution in [0.4, 0.5) is 0 Å². The SMILES string of the molecule is CCOC(=O)/C(=C\c1ccc(Cl)cc1)P(=O)(OCC)OCC. The second-order valence-electron chi connectivity index (χ2n) is 4.13. The van der Waals surface area contributed by atoms with Crippen molar-refractivity contribution in [1.29, 1.82) is 0 Å². The first-order chi connectivity index (χ1) is 10.5. The highest BCUT2D eigenvalue weighted by Gasteiger charge is 2.35. The van der Waals surface area contributed by atoms with Crippen molar-refractivity contribution in [2.45, 2.75) is 20.8 Å². The number of rotatable bonds is 8. The maximum absolute atomic E-state index is 12.9. The van der Waals surface area contributed by atoms with Crippen molar-refractivity contribution in [3.05, 3.63) is 40.2 Å². The fourth-order valence-electron chi connectivity index (χ4n) is 1.69. The first kappa shape index (κ1) is 18.9. The fraction of sp³-hybridized carbons (Fsp3) is 0.400. The molecule has 0 spiro atoms. The first-order valence-electron chi connectivity index (χ1n) is 7.00. The molecule has 0 N–H and O–H groups in total. The van der Waals surface area contributed by atoms with Gasteiger partial charge in [0, 0.05) is 5.02 Å². The van der Waals surface area contributed by atoms with Crippen molar-refractivity contribution in [2.24, 2.45) is 0 Å². The summed E-state index contributed by atoms with van der Waals surface area (Å²) >= 11 is 5.83. The molecule has 0 aliphatic heterocycles. The number of halogens is 1. The van der Waals surface area contributed by atoms with Gasteiger partial charge in [-0.25, -0.2) is 4.79 Å². The van der Waals surface area contributed by atoms with E-state index in [-0.39, 0.29) is 25.1 Å². The van der Waals surface area contributed by atoms with Gasteiger partial charge < -0.3 is 13.8 Å². The van der Waals surface area contributed by atoms with Crippen molar-refractivity contribution < 1.29 is 23.1 Å². The third-order valence-corrected chi connectivity index (χ3v) is 4.90. The molecule has 22 heavy (non-hydrogen) atoms. The number of hydrogen-bond donors (Lipinski definition) is 0. The highest BCUT2D eigenvalue weighted by Crippen LogP contribution is 2.57. The average Bonchev–Trinajstić information content (AvgIpc) is 2.47. The summed E-state index contributed by atoms with van der Waals surface area (Å²) in [6, 6.07) is 6.73. The minimum Gasteiger partial charge on any atom is -0.462 e. The van der Waals surface area contributed by atoms with E-state index in [4.69, 9.17) is 25.4 Å². The Hall–Kier alpha value is -1.13. The van der Waals surface area contributed by atoms with Gasteiger partial charge in [-0.05, 0) is 44.5 Å². The van der Waals surface area contributed by atoms with Gasteiger partial charge in [-0.1, -0.05) is 23.7 Å². The zero-order valence-corrected chi connectivity index (χ0v) is 14.5. The predicted octanol–water partition coefficient (Wildman–Crippen LogP) is 4.51. The number of carbonyl (C=O) groups excluding carboxylic acids is 1. The highest BCUT2D eigenvalue weighted by atomic mass is 35.5. The van der Waals surface area contributed by atoms with Crippen molar-refractivity contribution >= 4 is 31.2 Å². The standard InChI is InChI=1S/C15H20ClO5P/c1-4-19-15(17)14(22(18,20-5-2)21-6-3)11-12-7-9-13(16)10-8-12/h7-11H,4-6H2,1-3H3/b14-11+. The Morgan fingerprint density at radius 2 is 1.64 bits per heavy atom. The average molecular weight is 347 g/mol. The lowest BCUT2D eigenvalue weighted by atomic mass is 10.2. The third-order valence-electron chi connectivity index (χ3n) is 2.55. The van der Waals surface area contributed by atoms with E-state index in [1.807, 2.05) is 0 Å². The monoisotopic (exact) mass is 346 g/mol. The van der Waals surface area contributed by atoms with E-state index in [9.17, 15) is 9.36 Å². The zero-order valence-electron chi connectivity index (χ0n) is 12.9. The Labute approximate surface area is 135 Å². The molecule has 0 aliphatic rings. The second kappa shape index (κ2) is 9.11. The van der Waals surface area contributed by atoms with Crippen LogP contribution in [0.25, 0.3) is 6.08 Å². The van der Waals surface area contributed by atoms with Crippen LogP contribution in [0.15, 0.2) is 29.6 Å². The number of hydrogen-bond acceptors (Lipinski definition) is 5. The van der Waals surface area contributed by atoms with Crippen LogP contribution in [-0.2, 0) is 23.1 Å². The van der Waals surface area contributed by atoms with Gasteiger partial charge in [0.1, 0.15) is 5.31 Å². The van der Waals surface area contributed by atoms with Gasteiger partial charge in [-0.3, -0.25) is 4.57 Å². The molecule has 5 nitrogen and oxygen atoms in total. The van der Waals surface area contributed by atoms with Crippen LogP contribution in [0.3, 0.4) is 0 Å². The first-order valence-corrected chi connectivity index (χ1v) is 8.93. The Bertz CT molecular complexity index is 558. The van der Waals surface area contributed by atoms with Crippen molar-refractivity contribution in [1.82, 2.24) is 0 Å². The Morgan fingerprint density at radius 3 is 2.09 bits per heavy atom. The molecular weight excluding hydrogens is 327 g/mol. The summed E-state index contributed by atoms with van der Waals surface area (Å²) in [7, 11) is -3.74. The molecule has 0 amide bonds. The van der Waals surface area contributed by atoms with Crippen molar-refractivity contribution in [3.63, 3.8) is 0 Å². The normalized spacial score (nSPS) is 12.3. The zero-order chi connectivity index (χ0) is 16.6. The highest BCUT2D eigenvalue weighted by molar-refractivity contribution is 7.60. The summed E-state index contributed by atoms with van der Waals surface area (Å²) in [4.78, 5) is 12.2. The maximum atomic E-state index is 12.9. The molecular formula is C15H20ClO5P. The number of benzene rings is 1.